The molecule has 0 radical (unpaired) electrons. The first-order valence-corrected chi connectivity index (χ1v) is 4.56. The van der Waals surface area contributed by atoms with Gasteiger partial charge in [0.2, 0.25) is 0 Å². The van der Waals surface area contributed by atoms with Gasteiger partial charge >= 0.3 is 5.97 Å². The van der Waals surface area contributed by atoms with Crippen LogP contribution in [-0.2, 0) is 6.42 Å². The minimum absolute atomic E-state index is 0.334. The van der Waals surface area contributed by atoms with Crippen molar-refractivity contribution in [3.8, 4) is 0 Å². The Hall–Kier alpha value is -1.64. The molecular weight excluding hydrogens is 178 g/mol. The molecule has 14 heavy (non-hydrogen) atoms. The van der Waals surface area contributed by atoms with E-state index in [-0.39, 0.29) is 0 Å². The topological polar surface area (TPSA) is 49.7 Å². The fourth-order valence-corrected chi connectivity index (χ4v) is 1.69. The molecule has 0 atom stereocenters. The van der Waals surface area contributed by atoms with E-state index in [1.165, 1.54) is 5.56 Å². The average molecular weight is 189 g/mol. The molecule has 0 aromatic heterocycles. The zero-order valence-electron chi connectivity index (χ0n) is 7.95. The Bertz CT molecular complexity index is 421. The van der Waals surface area contributed by atoms with Gasteiger partial charge in [0.1, 0.15) is 0 Å². The van der Waals surface area contributed by atoms with Crippen LogP contribution in [0.5, 0.6) is 0 Å². The lowest BCUT2D eigenvalue weighted by molar-refractivity contribution is 0.0697. The molecule has 0 saturated heterocycles. The number of carboxylic acid groups (broad SMARTS) is 1. The van der Waals surface area contributed by atoms with Gasteiger partial charge in [0.25, 0.3) is 0 Å². The first-order valence-electron chi connectivity index (χ1n) is 4.56. The molecule has 2 rings (SSSR count). The molecule has 1 heterocycles. The average Bonchev–Trinajstić information content (AvgIpc) is 2.18. The highest BCUT2D eigenvalue weighted by molar-refractivity contribution is 6.02. The van der Waals surface area contributed by atoms with Crippen molar-refractivity contribution in [1.29, 1.82) is 0 Å². The van der Waals surface area contributed by atoms with Crippen molar-refractivity contribution >= 4 is 11.7 Å². The molecule has 0 amide bonds. The first-order chi connectivity index (χ1) is 6.68. The molecule has 1 N–H and O–H groups in total. The zero-order valence-corrected chi connectivity index (χ0v) is 7.95. The van der Waals surface area contributed by atoms with E-state index in [9.17, 15) is 4.79 Å². The lowest BCUT2D eigenvalue weighted by Gasteiger charge is -2.14. The van der Waals surface area contributed by atoms with Crippen molar-refractivity contribution in [3.05, 3.63) is 34.9 Å². The van der Waals surface area contributed by atoms with Crippen LogP contribution in [0.3, 0.4) is 0 Å². The van der Waals surface area contributed by atoms with Gasteiger partial charge in [-0.3, -0.25) is 4.99 Å². The van der Waals surface area contributed by atoms with Crippen LogP contribution in [0.15, 0.2) is 23.2 Å². The Morgan fingerprint density at radius 2 is 2.29 bits per heavy atom. The van der Waals surface area contributed by atoms with E-state index in [4.69, 9.17) is 5.11 Å². The summed E-state index contributed by atoms with van der Waals surface area (Å²) in [5, 5.41) is 8.83. The van der Waals surface area contributed by atoms with Gasteiger partial charge in [0, 0.05) is 12.3 Å². The summed E-state index contributed by atoms with van der Waals surface area (Å²) in [4.78, 5) is 15.0. The maximum absolute atomic E-state index is 10.8. The number of aromatic carboxylic acids is 1. The molecule has 72 valence electrons. The number of hydrogen-bond acceptors (Lipinski definition) is 2. The third kappa shape index (κ3) is 1.41. The number of fused-ring (bicyclic) bond motifs is 1. The predicted molar refractivity (Wildman–Crippen MR) is 54.2 cm³/mol. The van der Waals surface area contributed by atoms with Gasteiger partial charge in [-0.05, 0) is 36.6 Å². The van der Waals surface area contributed by atoms with Crippen LogP contribution in [-0.4, -0.2) is 23.3 Å². The van der Waals surface area contributed by atoms with Crippen LogP contribution < -0.4 is 0 Å². The molecule has 3 heteroatoms. The second-order valence-corrected chi connectivity index (χ2v) is 3.39. The smallest absolute Gasteiger partial charge is 0.335 e. The summed E-state index contributed by atoms with van der Waals surface area (Å²) in [5.74, 6) is -0.883. The molecule has 0 saturated carbocycles. The largest absolute Gasteiger partial charge is 0.478 e. The number of carboxylic acids is 1. The Labute approximate surface area is 82.1 Å². The summed E-state index contributed by atoms with van der Waals surface area (Å²) in [7, 11) is 0. The molecule has 0 spiro atoms. The van der Waals surface area contributed by atoms with E-state index >= 15 is 0 Å². The summed E-state index contributed by atoms with van der Waals surface area (Å²) in [5.41, 5.74) is 3.45. The fourth-order valence-electron chi connectivity index (χ4n) is 1.69. The van der Waals surface area contributed by atoms with Crippen LogP contribution in [0.25, 0.3) is 0 Å². The lowest BCUT2D eigenvalue weighted by Crippen LogP contribution is -2.11. The minimum atomic E-state index is -0.883. The van der Waals surface area contributed by atoms with Gasteiger partial charge in [-0.15, -0.1) is 0 Å². The number of hydrogen-bond donors (Lipinski definition) is 1. The van der Waals surface area contributed by atoms with E-state index < -0.39 is 5.97 Å². The van der Waals surface area contributed by atoms with E-state index in [2.05, 4.69) is 4.99 Å². The second-order valence-electron chi connectivity index (χ2n) is 3.39. The Kier molecular flexibility index (Phi) is 2.08. The Morgan fingerprint density at radius 3 is 3.00 bits per heavy atom. The molecule has 1 aromatic rings. The first kappa shape index (κ1) is 8.94. The zero-order chi connectivity index (χ0) is 10.1. The van der Waals surface area contributed by atoms with Crippen molar-refractivity contribution in [2.75, 3.05) is 6.54 Å². The van der Waals surface area contributed by atoms with Crippen molar-refractivity contribution in [1.82, 2.24) is 0 Å². The SMILES string of the molecule is CC1=NCCc2ccc(C(=O)O)cc21. The van der Waals surface area contributed by atoms with Crippen LogP contribution >= 0.6 is 0 Å². The minimum Gasteiger partial charge on any atom is -0.478 e. The molecule has 0 fully saturated rings. The highest BCUT2D eigenvalue weighted by Gasteiger charge is 2.13. The van der Waals surface area contributed by atoms with Crippen LogP contribution in [0.4, 0.5) is 0 Å². The van der Waals surface area contributed by atoms with Crippen molar-refractivity contribution in [3.63, 3.8) is 0 Å². The molecule has 1 aromatic carbocycles. The highest BCUT2D eigenvalue weighted by atomic mass is 16.4. The molecule has 0 bridgehead atoms. The van der Waals surface area contributed by atoms with Gasteiger partial charge in [0.05, 0.1) is 5.56 Å². The van der Waals surface area contributed by atoms with E-state index in [0.717, 1.165) is 24.2 Å². The van der Waals surface area contributed by atoms with Crippen molar-refractivity contribution in [2.24, 2.45) is 4.99 Å². The highest BCUT2D eigenvalue weighted by Crippen LogP contribution is 2.17. The maximum Gasteiger partial charge on any atom is 0.335 e. The van der Waals surface area contributed by atoms with E-state index in [1.807, 2.05) is 13.0 Å². The van der Waals surface area contributed by atoms with Gasteiger partial charge in [-0.1, -0.05) is 6.07 Å². The van der Waals surface area contributed by atoms with Gasteiger partial charge in [0.15, 0.2) is 0 Å². The molecular formula is C11H11NO2. The van der Waals surface area contributed by atoms with Gasteiger partial charge < -0.3 is 5.11 Å². The number of benzene rings is 1. The Balaban J connectivity index is 2.53. The van der Waals surface area contributed by atoms with Crippen LogP contribution in [0, 0.1) is 0 Å². The second kappa shape index (κ2) is 3.25. The molecule has 1 aliphatic heterocycles. The fraction of sp³-hybridized carbons (Fsp3) is 0.273. The van der Waals surface area contributed by atoms with Crippen LogP contribution in [0.1, 0.15) is 28.4 Å². The predicted octanol–water partition coefficient (Wildman–Crippen LogP) is 1.75. The molecule has 3 nitrogen and oxygen atoms in total. The molecule has 0 unspecified atom stereocenters. The van der Waals surface area contributed by atoms with Crippen molar-refractivity contribution < 1.29 is 9.90 Å². The summed E-state index contributed by atoms with van der Waals surface area (Å²) in [6.45, 7) is 2.73. The normalized spacial score (nSPS) is 14.5. The van der Waals surface area contributed by atoms with Gasteiger partial charge in [-0.2, -0.15) is 0 Å². The monoisotopic (exact) mass is 189 g/mol. The maximum atomic E-state index is 10.8. The van der Waals surface area contributed by atoms with Gasteiger partial charge in [-0.25, -0.2) is 4.79 Å². The summed E-state index contributed by atoms with van der Waals surface area (Å²) >= 11 is 0. The van der Waals surface area contributed by atoms with Crippen LogP contribution in [0.2, 0.25) is 0 Å². The molecule has 1 aliphatic rings. The lowest BCUT2D eigenvalue weighted by atomic mass is 9.96. The standard InChI is InChI=1S/C11H11NO2/c1-7-10-6-9(11(13)14)3-2-8(10)4-5-12-7/h2-3,6H,4-5H2,1H3,(H,13,14). The summed E-state index contributed by atoms with van der Waals surface area (Å²) in [6, 6.07) is 5.24. The number of aliphatic imine (C=N–C) groups is 1. The quantitative estimate of drug-likeness (QED) is 0.731. The van der Waals surface area contributed by atoms with E-state index in [1.54, 1.807) is 12.1 Å². The molecule has 0 aliphatic carbocycles. The summed E-state index contributed by atoms with van der Waals surface area (Å²) < 4.78 is 0. The summed E-state index contributed by atoms with van der Waals surface area (Å²) in [6.07, 6.45) is 0.909. The third-order valence-electron chi connectivity index (χ3n) is 2.48. The van der Waals surface area contributed by atoms with E-state index in [0.29, 0.717) is 5.56 Å². The number of carbonyl (C=O) groups is 1. The third-order valence-corrected chi connectivity index (χ3v) is 2.48. The Morgan fingerprint density at radius 1 is 1.50 bits per heavy atom. The van der Waals surface area contributed by atoms with Crippen molar-refractivity contribution in [2.45, 2.75) is 13.3 Å². The number of nitrogens with zero attached hydrogens (tertiary/aromatic N) is 1. The number of rotatable bonds is 1.